The molecule has 35 heavy (non-hydrogen) atoms. The number of aromatic nitrogens is 1. The van der Waals surface area contributed by atoms with Crippen LogP contribution in [0.1, 0.15) is 85.3 Å². The molecule has 0 spiro atoms. The molecule has 2 N–H and O–H groups in total. The van der Waals surface area contributed by atoms with Gasteiger partial charge in [-0.3, -0.25) is 9.59 Å². The van der Waals surface area contributed by atoms with Crippen molar-refractivity contribution >= 4 is 23.2 Å². The quantitative estimate of drug-likeness (QED) is 0.500. The van der Waals surface area contributed by atoms with Crippen LogP contribution >= 0.6 is 11.3 Å². The van der Waals surface area contributed by atoms with Crippen LogP contribution in [0.15, 0.2) is 17.5 Å². The Kier molecular flexibility index (Phi) is 8.64. The van der Waals surface area contributed by atoms with E-state index in [1.807, 2.05) is 13.8 Å². The number of carbonyl (C=O) groups is 2. The van der Waals surface area contributed by atoms with Crippen LogP contribution in [-0.4, -0.2) is 44.2 Å². The third kappa shape index (κ3) is 6.45. The summed E-state index contributed by atoms with van der Waals surface area (Å²) in [5.74, 6) is 0.826. The maximum atomic E-state index is 13.2. The number of methoxy groups -OCH3 is 3. The molecule has 0 saturated heterocycles. The van der Waals surface area contributed by atoms with E-state index in [-0.39, 0.29) is 29.8 Å². The highest BCUT2D eigenvalue weighted by atomic mass is 32.1. The van der Waals surface area contributed by atoms with E-state index in [9.17, 15) is 9.59 Å². The standard InChI is InChI=1S/C26H37N3O5S/c1-15(2)21(29-23(30)16-12-19(32-5)22(34-7)20(13-16)33-6)25-28-18(14-35-25)24(31)27-17-8-10-26(3,4)11-9-17/h12-15,17,21H,8-11H2,1-7H3,(H,27,31)(H,29,30). The lowest BCUT2D eigenvalue weighted by Gasteiger charge is -2.34. The largest absolute Gasteiger partial charge is 0.493 e. The average Bonchev–Trinajstić information content (AvgIpc) is 3.32. The fourth-order valence-electron chi connectivity index (χ4n) is 4.29. The summed E-state index contributed by atoms with van der Waals surface area (Å²) in [4.78, 5) is 30.6. The highest BCUT2D eigenvalue weighted by molar-refractivity contribution is 7.09. The Morgan fingerprint density at radius 3 is 2.14 bits per heavy atom. The molecule has 9 heteroatoms. The van der Waals surface area contributed by atoms with E-state index >= 15 is 0 Å². The van der Waals surface area contributed by atoms with Crippen molar-refractivity contribution in [2.75, 3.05) is 21.3 Å². The molecule has 1 aromatic heterocycles. The Hall–Kier alpha value is -2.81. The van der Waals surface area contributed by atoms with Crippen LogP contribution in [-0.2, 0) is 0 Å². The van der Waals surface area contributed by atoms with Gasteiger partial charge in [0.15, 0.2) is 11.5 Å². The van der Waals surface area contributed by atoms with Crippen molar-refractivity contribution in [2.24, 2.45) is 11.3 Å². The van der Waals surface area contributed by atoms with Crippen molar-refractivity contribution in [2.45, 2.75) is 65.5 Å². The molecule has 3 rings (SSSR count). The Balaban J connectivity index is 1.73. The molecule has 1 unspecified atom stereocenters. The van der Waals surface area contributed by atoms with Gasteiger partial charge in [0, 0.05) is 17.0 Å². The summed E-state index contributed by atoms with van der Waals surface area (Å²) in [6.45, 7) is 8.56. The molecule has 2 amide bonds. The molecule has 1 aromatic carbocycles. The lowest BCUT2D eigenvalue weighted by atomic mass is 9.75. The van der Waals surface area contributed by atoms with E-state index in [2.05, 4.69) is 29.5 Å². The van der Waals surface area contributed by atoms with Gasteiger partial charge in [-0.15, -0.1) is 11.3 Å². The van der Waals surface area contributed by atoms with Gasteiger partial charge < -0.3 is 24.8 Å². The van der Waals surface area contributed by atoms with Gasteiger partial charge in [0.1, 0.15) is 10.7 Å². The summed E-state index contributed by atoms with van der Waals surface area (Å²) >= 11 is 1.38. The SMILES string of the molecule is COc1cc(C(=O)NC(c2nc(C(=O)NC3CCC(C)(C)CC3)cs2)C(C)C)cc(OC)c1OC. The number of hydrogen-bond donors (Lipinski definition) is 2. The van der Waals surface area contributed by atoms with E-state index < -0.39 is 0 Å². The maximum absolute atomic E-state index is 13.2. The summed E-state index contributed by atoms with van der Waals surface area (Å²) in [5.41, 5.74) is 1.11. The van der Waals surface area contributed by atoms with E-state index in [0.717, 1.165) is 25.7 Å². The van der Waals surface area contributed by atoms with Gasteiger partial charge in [-0.2, -0.15) is 0 Å². The van der Waals surface area contributed by atoms with Gasteiger partial charge in [0.05, 0.1) is 27.4 Å². The minimum Gasteiger partial charge on any atom is -0.493 e. The third-order valence-electron chi connectivity index (χ3n) is 6.58. The number of benzene rings is 1. The lowest BCUT2D eigenvalue weighted by molar-refractivity contribution is 0.0904. The van der Waals surface area contributed by atoms with Crippen molar-refractivity contribution in [1.29, 1.82) is 0 Å². The van der Waals surface area contributed by atoms with Crippen molar-refractivity contribution in [3.8, 4) is 17.2 Å². The van der Waals surface area contributed by atoms with Crippen molar-refractivity contribution in [3.05, 3.63) is 33.8 Å². The van der Waals surface area contributed by atoms with E-state index in [1.54, 1.807) is 17.5 Å². The number of nitrogens with one attached hydrogen (secondary N) is 2. The summed E-state index contributed by atoms with van der Waals surface area (Å²) in [7, 11) is 4.53. The molecule has 0 bridgehead atoms. The molecule has 192 valence electrons. The zero-order valence-corrected chi connectivity index (χ0v) is 22.5. The van der Waals surface area contributed by atoms with Crippen LogP contribution in [0.3, 0.4) is 0 Å². The molecule has 1 saturated carbocycles. The zero-order chi connectivity index (χ0) is 25.8. The second-order valence-electron chi connectivity index (χ2n) is 10.1. The first kappa shape index (κ1) is 26.8. The minimum atomic E-state index is -0.358. The molecule has 1 fully saturated rings. The zero-order valence-electron chi connectivity index (χ0n) is 21.7. The van der Waals surface area contributed by atoms with Gasteiger partial charge in [0.25, 0.3) is 11.8 Å². The summed E-state index contributed by atoms with van der Waals surface area (Å²) in [6, 6.07) is 3.05. The fourth-order valence-corrected chi connectivity index (χ4v) is 5.31. The molecular weight excluding hydrogens is 466 g/mol. The normalized spacial score (nSPS) is 16.5. The van der Waals surface area contributed by atoms with Crippen molar-refractivity contribution < 1.29 is 23.8 Å². The Labute approximate surface area is 211 Å². The molecule has 8 nitrogen and oxygen atoms in total. The van der Waals surface area contributed by atoms with Crippen LogP contribution in [0.4, 0.5) is 0 Å². The predicted molar refractivity (Wildman–Crippen MR) is 137 cm³/mol. The van der Waals surface area contributed by atoms with Gasteiger partial charge in [-0.1, -0.05) is 27.7 Å². The van der Waals surface area contributed by atoms with E-state index in [4.69, 9.17) is 14.2 Å². The Bertz CT molecular complexity index is 1010. The second-order valence-corrected chi connectivity index (χ2v) is 11.0. The van der Waals surface area contributed by atoms with Crippen LogP contribution < -0.4 is 24.8 Å². The topological polar surface area (TPSA) is 98.8 Å². The Morgan fingerprint density at radius 2 is 1.63 bits per heavy atom. The predicted octanol–water partition coefficient (Wildman–Crippen LogP) is 4.99. The highest BCUT2D eigenvalue weighted by Gasteiger charge is 2.29. The van der Waals surface area contributed by atoms with Crippen LogP contribution in [0.2, 0.25) is 0 Å². The minimum absolute atomic E-state index is 0.0589. The van der Waals surface area contributed by atoms with Gasteiger partial charge in [-0.25, -0.2) is 4.98 Å². The highest BCUT2D eigenvalue weighted by Crippen LogP contribution is 2.38. The van der Waals surface area contributed by atoms with Crippen LogP contribution in [0, 0.1) is 11.3 Å². The summed E-state index contributed by atoms with van der Waals surface area (Å²) < 4.78 is 16.1. The molecule has 1 heterocycles. The fraction of sp³-hybridized carbons (Fsp3) is 0.577. The first-order valence-electron chi connectivity index (χ1n) is 12.0. The maximum Gasteiger partial charge on any atom is 0.270 e. The van der Waals surface area contributed by atoms with E-state index in [1.165, 1.54) is 32.7 Å². The molecule has 2 aromatic rings. The average molecular weight is 504 g/mol. The van der Waals surface area contributed by atoms with E-state index in [0.29, 0.717) is 38.9 Å². The van der Waals surface area contributed by atoms with Crippen molar-refractivity contribution in [3.63, 3.8) is 0 Å². The molecule has 0 radical (unpaired) electrons. The van der Waals surface area contributed by atoms with Gasteiger partial charge in [0.2, 0.25) is 5.75 Å². The Morgan fingerprint density at radius 1 is 1.03 bits per heavy atom. The first-order valence-corrected chi connectivity index (χ1v) is 12.8. The molecule has 0 aliphatic heterocycles. The summed E-state index contributed by atoms with van der Waals surface area (Å²) in [5, 5.41) is 8.65. The second kappa shape index (κ2) is 11.3. The van der Waals surface area contributed by atoms with Crippen molar-refractivity contribution in [1.82, 2.24) is 15.6 Å². The number of thiazole rings is 1. The number of rotatable bonds is 9. The number of ether oxygens (including phenoxy) is 3. The first-order chi connectivity index (χ1) is 16.6. The number of nitrogens with zero attached hydrogens (tertiary/aromatic N) is 1. The van der Waals surface area contributed by atoms with Crippen LogP contribution in [0.5, 0.6) is 17.2 Å². The lowest BCUT2D eigenvalue weighted by Crippen LogP contribution is -2.39. The molecule has 1 atom stereocenters. The number of amides is 2. The molecule has 1 aliphatic carbocycles. The smallest absolute Gasteiger partial charge is 0.270 e. The number of hydrogen-bond acceptors (Lipinski definition) is 7. The monoisotopic (exact) mass is 503 g/mol. The summed E-state index contributed by atoms with van der Waals surface area (Å²) in [6.07, 6.45) is 4.16. The third-order valence-corrected chi connectivity index (χ3v) is 7.50. The van der Waals surface area contributed by atoms with Gasteiger partial charge >= 0.3 is 0 Å². The number of carbonyl (C=O) groups excluding carboxylic acids is 2. The molecular formula is C26H37N3O5S. The van der Waals surface area contributed by atoms with Gasteiger partial charge in [-0.05, 0) is 49.1 Å². The van der Waals surface area contributed by atoms with Crippen LogP contribution in [0.25, 0.3) is 0 Å². The molecule has 1 aliphatic rings.